The number of rotatable bonds is 6. The van der Waals surface area contributed by atoms with Gasteiger partial charge in [-0.25, -0.2) is 4.39 Å². The molecular formula is C19H30FN. The van der Waals surface area contributed by atoms with Gasteiger partial charge in [-0.05, 0) is 50.1 Å². The maximum absolute atomic E-state index is 14.6. The third-order valence-electron chi connectivity index (χ3n) is 5.04. The predicted octanol–water partition coefficient (Wildman–Crippen LogP) is 5.39. The molecular weight excluding hydrogens is 261 g/mol. The van der Waals surface area contributed by atoms with Gasteiger partial charge in [0.25, 0.3) is 0 Å². The molecule has 1 fully saturated rings. The summed E-state index contributed by atoms with van der Waals surface area (Å²) in [6.45, 7) is 7.29. The molecule has 0 heterocycles. The van der Waals surface area contributed by atoms with Crippen molar-refractivity contribution in [3.05, 3.63) is 35.1 Å². The van der Waals surface area contributed by atoms with Crippen LogP contribution in [0, 0.1) is 24.6 Å². The molecule has 0 radical (unpaired) electrons. The van der Waals surface area contributed by atoms with Gasteiger partial charge in [-0.3, -0.25) is 0 Å². The van der Waals surface area contributed by atoms with Crippen molar-refractivity contribution in [2.24, 2.45) is 11.8 Å². The number of aryl methyl sites for hydroxylation is 1. The van der Waals surface area contributed by atoms with Crippen LogP contribution in [-0.2, 0) is 0 Å². The van der Waals surface area contributed by atoms with E-state index in [0.29, 0.717) is 5.92 Å². The first kappa shape index (κ1) is 16.5. The molecule has 3 unspecified atom stereocenters. The Balaban J connectivity index is 2.23. The second-order valence-corrected chi connectivity index (χ2v) is 6.61. The van der Waals surface area contributed by atoms with Crippen LogP contribution in [0.5, 0.6) is 0 Å². The topological polar surface area (TPSA) is 12.0 Å². The summed E-state index contributed by atoms with van der Waals surface area (Å²) >= 11 is 0. The lowest BCUT2D eigenvalue weighted by molar-refractivity contribution is 0.206. The van der Waals surface area contributed by atoms with Crippen molar-refractivity contribution in [2.75, 3.05) is 6.54 Å². The molecule has 0 aliphatic heterocycles. The molecule has 0 spiro atoms. The number of benzene rings is 1. The third kappa shape index (κ3) is 4.06. The molecule has 1 aromatic rings. The molecule has 118 valence electrons. The smallest absolute Gasteiger partial charge is 0.130 e. The molecule has 2 rings (SSSR count). The van der Waals surface area contributed by atoms with Crippen LogP contribution < -0.4 is 5.32 Å². The van der Waals surface area contributed by atoms with Crippen LogP contribution in [-0.4, -0.2) is 6.54 Å². The van der Waals surface area contributed by atoms with Gasteiger partial charge in [0, 0.05) is 11.6 Å². The average Bonchev–Trinajstić information content (AvgIpc) is 2.52. The van der Waals surface area contributed by atoms with E-state index in [4.69, 9.17) is 0 Å². The Hall–Kier alpha value is -0.890. The van der Waals surface area contributed by atoms with Gasteiger partial charge in [-0.1, -0.05) is 51.3 Å². The minimum Gasteiger partial charge on any atom is -0.310 e. The van der Waals surface area contributed by atoms with E-state index in [1.54, 1.807) is 0 Å². The Morgan fingerprint density at radius 1 is 1.29 bits per heavy atom. The van der Waals surface area contributed by atoms with Crippen LogP contribution in [0.3, 0.4) is 0 Å². The van der Waals surface area contributed by atoms with E-state index in [1.807, 2.05) is 25.1 Å². The summed E-state index contributed by atoms with van der Waals surface area (Å²) in [4.78, 5) is 0. The summed E-state index contributed by atoms with van der Waals surface area (Å²) in [5.41, 5.74) is 1.64. The molecule has 1 aliphatic carbocycles. The Kier molecular flexibility index (Phi) is 6.22. The first-order chi connectivity index (χ1) is 10.2. The second-order valence-electron chi connectivity index (χ2n) is 6.61. The zero-order chi connectivity index (χ0) is 15.2. The van der Waals surface area contributed by atoms with Gasteiger partial charge >= 0.3 is 0 Å². The van der Waals surface area contributed by atoms with Gasteiger partial charge in [0.05, 0.1) is 0 Å². The Morgan fingerprint density at radius 2 is 2.10 bits per heavy atom. The Labute approximate surface area is 129 Å². The lowest BCUT2D eigenvalue weighted by Crippen LogP contribution is -2.33. The SMILES string of the molecule is CCCNC(c1cccc(C)c1F)C1CCCC(CC)C1. The summed E-state index contributed by atoms with van der Waals surface area (Å²) in [5.74, 6) is 1.39. The van der Waals surface area contributed by atoms with Crippen molar-refractivity contribution in [1.29, 1.82) is 0 Å². The standard InChI is InChI=1S/C19H30FN/c1-4-12-21-19(16-10-7-9-15(5-2)13-16)17-11-6-8-14(3)18(17)20/h6,8,11,15-16,19,21H,4-5,7,9-10,12-13H2,1-3H3. The second kappa shape index (κ2) is 7.93. The number of nitrogens with one attached hydrogen (secondary N) is 1. The molecule has 0 amide bonds. The maximum Gasteiger partial charge on any atom is 0.130 e. The highest BCUT2D eigenvalue weighted by molar-refractivity contribution is 5.28. The van der Waals surface area contributed by atoms with E-state index >= 15 is 0 Å². The van der Waals surface area contributed by atoms with E-state index in [-0.39, 0.29) is 11.9 Å². The van der Waals surface area contributed by atoms with Gasteiger partial charge in [0.15, 0.2) is 0 Å². The van der Waals surface area contributed by atoms with Crippen molar-refractivity contribution in [3.63, 3.8) is 0 Å². The van der Waals surface area contributed by atoms with Crippen molar-refractivity contribution in [3.8, 4) is 0 Å². The Morgan fingerprint density at radius 3 is 2.81 bits per heavy atom. The zero-order valence-corrected chi connectivity index (χ0v) is 13.8. The maximum atomic E-state index is 14.6. The van der Waals surface area contributed by atoms with Crippen molar-refractivity contribution in [2.45, 2.75) is 65.3 Å². The molecule has 3 atom stereocenters. The van der Waals surface area contributed by atoms with Gasteiger partial charge in [0.2, 0.25) is 0 Å². The molecule has 2 heteroatoms. The molecule has 0 aromatic heterocycles. The highest BCUT2D eigenvalue weighted by atomic mass is 19.1. The van der Waals surface area contributed by atoms with Crippen molar-refractivity contribution in [1.82, 2.24) is 5.32 Å². The van der Waals surface area contributed by atoms with Crippen LogP contribution in [0.25, 0.3) is 0 Å². The van der Waals surface area contributed by atoms with Gasteiger partial charge in [-0.15, -0.1) is 0 Å². The van der Waals surface area contributed by atoms with Gasteiger partial charge in [-0.2, -0.15) is 0 Å². The average molecular weight is 291 g/mol. The van der Waals surface area contributed by atoms with Crippen LogP contribution in [0.15, 0.2) is 18.2 Å². The summed E-state index contributed by atoms with van der Waals surface area (Å²) < 4.78 is 14.6. The lowest BCUT2D eigenvalue weighted by Gasteiger charge is -2.35. The van der Waals surface area contributed by atoms with Gasteiger partial charge in [0.1, 0.15) is 5.82 Å². The van der Waals surface area contributed by atoms with Crippen molar-refractivity contribution >= 4 is 0 Å². The predicted molar refractivity (Wildman–Crippen MR) is 87.9 cm³/mol. The minimum absolute atomic E-state index is 0.00951. The van der Waals surface area contributed by atoms with Gasteiger partial charge < -0.3 is 5.32 Å². The summed E-state index contributed by atoms with van der Waals surface area (Å²) in [6, 6.07) is 6.02. The molecule has 0 saturated heterocycles. The molecule has 1 aromatic carbocycles. The fourth-order valence-corrected chi connectivity index (χ4v) is 3.75. The zero-order valence-electron chi connectivity index (χ0n) is 13.8. The van der Waals surface area contributed by atoms with E-state index in [2.05, 4.69) is 19.2 Å². The van der Waals surface area contributed by atoms with Crippen LogP contribution in [0.2, 0.25) is 0 Å². The van der Waals surface area contributed by atoms with Crippen molar-refractivity contribution < 1.29 is 4.39 Å². The molecule has 1 aliphatic rings. The fraction of sp³-hybridized carbons (Fsp3) is 0.684. The number of halogens is 1. The normalized spacial score (nSPS) is 24.0. The van der Waals surface area contributed by atoms with E-state index in [9.17, 15) is 4.39 Å². The number of hydrogen-bond donors (Lipinski definition) is 1. The van der Waals surface area contributed by atoms with E-state index < -0.39 is 0 Å². The summed E-state index contributed by atoms with van der Waals surface area (Å²) in [6.07, 6.45) is 7.46. The molecule has 1 nitrogen and oxygen atoms in total. The highest BCUT2D eigenvalue weighted by Gasteiger charge is 2.30. The Bertz CT molecular complexity index is 443. The molecule has 0 bridgehead atoms. The van der Waals surface area contributed by atoms with E-state index in [0.717, 1.165) is 30.0 Å². The lowest BCUT2D eigenvalue weighted by atomic mass is 9.75. The summed E-state index contributed by atoms with van der Waals surface area (Å²) in [5, 5.41) is 3.63. The summed E-state index contributed by atoms with van der Waals surface area (Å²) in [7, 11) is 0. The van der Waals surface area contributed by atoms with E-state index in [1.165, 1.54) is 32.1 Å². The molecule has 1 saturated carbocycles. The highest BCUT2D eigenvalue weighted by Crippen LogP contribution is 2.39. The molecule has 21 heavy (non-hydrogen) atoms. The first-order valence-corrected chi connectivity index (χ1v) is 8.65. The monoisotopic (exact) mass is 291 g/mol. The number of hydrogen-bond acceptors (Lipinski definition) is 1. The quantitative estimate of drug-likeness (QED) is 0.741. The van der Waals surface area contributed by atoms with Crippen LogP contribution in [0.1, 0.15) is 69.5 Å². The van der Waals surface area contributed by atoms with Crippen LogP contribution in [0.4, 0.5) is 4.39 Å². The molecule has 1 N–H and O–H groups in total. The first-order valence-electron chi connectivity index (χ1n) is 8.65. The van der Waals surface area contributed by atoms with Crippen LogP contribution >= 0.6 is 0 Å². The largest absolute Gasteiger partial charge is 0.310 e. The third-order valence-corrected chi connectivity index (χ3v) is 5.04. The minimum atomic E-state index is -0.00951. The fourth-order valence-electron chi connectivity index (χ4n) is 3.75.